The zero-order valence-electron chi connectivity index (χ0n) is 11.0. The van der Waals surface area contributed by atoms with Crippen molar-refractivity contribution >= 4 is 5.91 Å². The molecule has 2 fully saturated rings. The molecule has 1 saturated carbocycles. The Bertz CT molecular complexity index is 318. The van der Waals surface area contributed by atoms with Gasteiger partial charge in [0.1, 0.15) is 0 Å². The van der Waals surface area contributed by atoms with Crippen LogP contribution in [0.5, 0.6) is 0 Å². The second kappa shape index (κ2) is 5.21. The molecule has 0 aromatic carbocycles. The normalized spacial score (nSPS) is 27.6. The van der Waals surface area contributed by atoms with E-state index in [4.69, 9.17) is 0 Å². The summed E-state index contributed by atoms with van der Waals surface area (Å²) >= 11 is 0. The van der Waals surface area contributed by atoms with Crippen LogP contribution in [0.3, 0.4) is 0 Å². The fourth-order valence-electron chi connectivity index (χ4n) is 2.96. The van der Waals surface area contributed by atoms with Gasteiger partial charge in [0, 0.05) is 17.2 Å². The Labute approximate surface area is 104 Å². The number of amides is 1. The molecule has 2 rings (SSSR count). The van der Waals surface area contributed by atoms with Crippen molar-refractivity contribution in [2.45, 2.75) is 64.0 Å². The van der Waals surface area contributed by atoms with Crippen LogP contribution < -0.4 is 10.6 Å². The molecule has 1 aliphatic carbocycles. The lowest BCUT2D eigenvalue weighted by Gasteiger charge is -2.48. The molecule has 1 spiro atoms. The maximum Gasteiger partial charge on any atom is 0.246 e. The van der Waals surface area contributed by atoms with Crippen molar-refractivity contribution in [1.82, 2.24) is 10.6 Å². The maximum atomic E-state index is 11.9. The van der Waals surface area contributed by atoms with E-state index in [1.807, 2.05) is 13.0 Å². The van der Waals surface area contributed by atoms with E-state index < -0.39 is 0 Å². The first-order valence-corrected chi connectivity index (χ1v) is 6.88. The Morgan fingerprint density at radius 1 is 1.53 bits per heavy atom. The molecule has 1 unspecified atom stereocenters. The van der Waals surface area contributed by atoms with Crippen LogP contribution >= 0.6 is 0 Å². The van der Waals surface area contributed by atoms with Gasteiger partial charge in [-0.25, -0.2) is 0 Å². The number of hydrogen-bond acceptors (Lipinski definition) is 2. The van der Waals surface area contributed by atoms with Gasteiger partial charge in [-0.3, -0.25) is 4.79 Å². The van der Waals surface area contributed by atoms with Crippen molar-refractivity contribution in [3.05, 3.63) is 11.6 Å². The van der Waals surface area contributed by atoms with Crippen molar-refractivity contribution in [1.29, 1.82) is 0 Å². The third kappa shape index (κ3) is 2.89. The van der Waals surface area contributed by atoms with Crippen LogP contribution in [0.15, 0.2) is 11.6 Å². The van der Waals surface area contributed by atoms with Crippen molar-refractivity contribution < 1.29 is 4.79 Å². The predicted molar refractivity (Wildman–Crippen MR) is 69.8 cm³/mol. The Morgan fingerprint density at radius 3 is 2.88 bits per heavy atom. The third-order valence-electron chi connectivity index (χ3n) is 4.14. The number of carbonyl (C=O) groups excluding carboxylic acids is 1. The van der Waals surface area contributed by atoms with E-state index in [1.165, 1.54) is 19.3 Å². The number of piperidine rings is 1. The average Bonchev–Trinajstić information content (AvgIpc) is 2.27. The Morgan fingerprint density at radius 2 is 2.29 bits per heavy atom. The van der Waals surface area contributed by atoms with E-state index in [0.29, 0.717) is 11.6 Å². The number of allylic oxidation sites excluding steroid dienone is 1. The monoisotopic (exact) mass is 236 g/mol. The topological polar surface area (TPSA) is 41.1 Å². The summed E-state index contributed by atoms with van der Waals surface area (Å²) in [5.41, 5.74) is 1.21. The molecule has 2 aliphatic rings. The highest BCUT2D eigenvalue weighted by Gasteiger charge is 2.41. The van der Waals surface area contributed by atoms with Crippen LogP contribution in [-0.4, -0.2) is 24.0 Å². The predicted octanol–water partition coefficient (Wildman–Crippen LogP) is 2.13. The molecule has 1 heterocycles. The lowest BCUT2D eigenvalue weighted by molar-refractivity contribution is -0.118. The average molecular weight is 236 g/mol. The van der Waals surface area contributed by atoms with Crippen molar-refractivity contribution in [3.8, 4) is 0 Å². The molecule has 1 amide bonds. The smallest absolute Gasteiger partial charge is 0.246 e. The van der Waals surface area contributed by atoms with Gasteiger partial charge in [-0.2, -0.15) is 0 Å². The maximum absolute atomic E-state index is 11.9. The summed E-state index contributed by atoms with van der Waals surface area (Å²) in [7, 11) is 0. The molecule has 1 saturated heterocycles. The molecule has 3 heteroatoms. The number of nitrogens with one attached hydrogen (secondary N) is 2. The molecule has 0 aromatic rings. The summed E-state index contributed by atoms with van der Waals surface area (Å²) in [5.74, 6) is 0.119. The number of rotatable bonds is 3. The first-order valence-electron chi connectivity index (χ1n) is 6.88. The Balaban J connectivity index is 1.86. The lowest BCUT2D eigenvalue weighted by atomic mass is 9.70. The third-order valence-corrected chi connectivity index (χ3v) is 4.14. The van der Waals surface area contributed by atoms with Gasteiger partial charge in [-0.15, -0.1) is 0 Å². The number of hydrogen-bond donors (Lipinski definition) is 2. The minimum Gasteiger partial charge on any atom is -0.349 e. The molecule has 1 aliphatic heterocycles. The summed E-state index contributed by atoms with van der Waals surface area (Å²) in [6.07, 6.45) is 8.99. The molecule has 96 valence electrons. The molecule has 2 N–H and O–H groups in total. The SMILES string of the molecule is CC/C=C(\C)C(=O)NC1CCNC2(CCC2)C1. The molecular formula is C14H24N2O. The van der Waals surface area contributed by atoms with Crippen molar-refractivity contribution in [3.63, 3.8) is 0 Å². The highest BCUT2D eigenvalue weighted by Crippen LogP contribution is 2.38. The minimum atomic E-state index is 0.119. The van der Waals surface area contributed by atoms with Gasteiger partial charge in [0.15, 0.2) is 0 Å². The second-order valence-electron chi connectivity index (χ2n) is 5.52. The zero-order valence-corrected chi connectivity index (χ0v) is 11.0. The quantitative estimate of drug-likeness (QED) is 0.737. The summed E-state index contributed by atoms with van der Waals surface area (Å²) in [6, 6.07) is 0.365. The molecular weight excluding hydrogens is 212 g/mol. The van der Waals surface area contributed by atoms with Crippen LogP contribution in [0.1, 0.15) is 52.4 Å². The number of carbonyl (C=O) groups is 1. The summed E-state index contributed by atoms with van der Waals surface area (Å²) in [4.78, 5) is 11.9. The van der Waals surface area contributed by atoms with E-state index >= 15 is 0 Å². The standard InChI is InChI=1S/C14H24N2O/c1-3-5-11(2)13(17)16-12-6-9-15-14(10-12)7-4-8-14/h5,12,15H,3-4,6-10H2,1-2H3,(H,16,17)/b11-5+. The van der Waals surface area contributed by atoms with Gasteiger partial charge in [0.05, 0.1) is 0 Å². The molecule has 0 radical (unpaired) electrons. The fraction of sp³-hybridized carbons (Fsp3) is 0.786. The highest BCUT2D eigenvalue weighted by atomic mass is 16.1. The van der Waals surface area contributed by atoms with Gasteiger partial charge in [0.25, 0.3) is 0 Å². The minimum absolute atomic E-state index is 0.119. The first-order chi connectivity index (χ1) is 8.15. The van der Waals surface area contributed by atoms with E-state index in [-0.39, 0.29) is 5.91 Å². The van der Waals surface area contributed by atoms with Gasteiger partial charge >= 0.3 is 0 Å². The molecule has 1 atom stereocenters. The Hall–Kier alpha value is -0.830. The van der Waals surface area contributed by atoms with Gasteiger partial charge in [0.2, 0.25) is 5.91 Å². The van der Waals surface area contributed by atoms with Crippen LogP contribution in [0.2, 0.25) is 0 Å². The molecule has 3 nitrogen and oxygen atoms in total. The largest absolute Gasteiger partial charge is 0.349 e. The van der Waals surface area contributed by atoms with Crippen LogP contribution in [0, 0.1) is 0 Å². The van der Waals surface area contributed by atoms with E-state index in [0.717, 1.165) is 31.4 Å². The van der Waals surface area contributed by atoms with Gasteiger partial charge in [-0.1, -0.05) is 13.0 Å². The lowest BCUT2D eigenvalue weighted by Crippen LogP contribution is -2.59. The van der Waals surface area contributed by atoms with Gasteiger partial charge in [-0.05, 0) is 52.0 Å². The second-order valence-corrected chi connectivity index (χ2v) is 5.52. The van der Waals surface area contributed by atoms with Crippen LogP contribution in [0.25, 0.3) is 0 Å². The summed E-state index contributed by atoms with van der Waals surface area (Å²) < 4.78 is 0. The summed E-state index contributed by atoms with van der Waals surface area (Å²) in [5, 5.41) is 6.80. The fourth-order valence-corrected chi connectivity index (χ4v) is 2.96. The van der Waals surface area contributed by atoms with E-state index in [2.05, 4.69) is 17.6 Å². The first kappa shape index (κ1) is 12.6. The summed E-state index contributed by atoms with van der Waals surface area (Å²) in [6.45, 7) is 5.01. The highest BCUT2D eigenvalue weighted by molar-refractivity contribution is 5.92. The van der Waals surface area contributed by atoms with Gasteiger partial charge < -0.3 is 10.6 Å². The molecule has 0 bridgehead atoms. The van der Waals surface area contributed by atoms with Crippen LogP contribution in [0.4, 0.5) is 0 Å². The van der Waals surface area contributed by atoms with Crippen LogP contribution in [-0.2, 0) is 4.79 Å². The Kier molecular flexibility index (Phi) is 3.87. The molecule has 17 heavy (non-hydrogen) atoms. The van der Waals surface area contributed by atoms with E-state index in [1.54, 1.807) is 0 Å². The molecule has 0 aromatic heterocycles. The zero-order chi connectivity index (χ0) is 12.3. The van der Waals surface area contributed by atoms with Crippen molar-refractivity contribution in [2.24, 2.45) is 0 Å². The van der Waals surface area contributed by atoms with Crippen molar-refractivity contribution in [2.75, 3.05) is 6.54 Å². The van der Waals surface area contributed by atoms with E-state index in [9.17, 15) is 4.79 Å².